The summed E-state index contributed by atoms with van der Waals surface area (Å²) >= 11 is 0. The van der Waals surface area contributed by atoms with Gasteiger partial charge in [0.15, 0.2) is 6.10 Å². The van der Waals surface area contributed by atoms with Crippen LogP contribution in [0.3, 0.4) is 0 Å². The molecule has 0 saturated carbocycles. The number of aliphatic carboxylic acids is 1. The van der Waals surface area contributed by atoms with Crippen LogP contribution in [0.4, 0.5) is 0 Å². The number of rotatable bonds is 42. The minimum absolute atomic E-state index is 0.161. The van der Waals surface area contributed by atoms with Gasteiger partial charge in [-0.1, -0.05) is 160 Å². The standard InChI is InChI=1S/C44H82NO10P/c1-3-5-7-9-11-13-15-16-17-18-19-20-21-22-23-24-26-28-30-32-34-36-43(47)55-40(38-53-56(50,51)54-39-41(45)44(48)49)37-52-42(46)35-33-31-29-27-25-14-12-10-8-6-4-2/h10,12,16-17,40-41H,3-9,11,13-15,18-39,45H2,1-2H3,(H,48,49)(H,50,51)/b12-10-,17-16-/t40-,41+/m1/s1. The summed E-state index contributed by atoms with van der Waals surface area (Å²) < 4.78 is 32.7. The summed E-state index contributed by atoms with van der Waals surface area (Å²) in [4.78, 5) is 45.9. The van der Waals surface area contributed by atoms with E-state index in [-0.39, 0.29) is 19.4 Å². The molecule has 56 heavy (non-hydrogen) atoms. The summed E-state index contributed by atoms with van der Waals surface area (Å²) in [6.45, 7) is 2.76. The van der Waals surface area contributed by atoms with E-state index in [9.17, 15) is 23.8 Å². The van der Waals surface area contributed by atoms with Gasteiger partial charge >= 0.3 is 25.7 Å². The summed E-state index contributed by atoms with van der Waals surface area (Å²) in [7, 11) is -4.71. The van der Waals surface area contributed by atoms with Gasteiger partial charge in [0.25, 0.3) is 0 Å². The number of nitrogens with two attached hydrogens (primary N) is 1. The van der Waals surface area contributed by atoms with Crippen molar-refractivity contribution in [2.24, 2.45) is 5.73 Å². The molecule has 0 aliphatic heterocycles. The highest BCUT2D eigenvalue weighted by Crippen LogP contribution is 2.43. The van der Waals surface area contributed by atoms with E-state index in [1.165, 1.54) is 109 Å². The highest BCUT2D eigenvalue weighted by atomic mass is 31.2. The van der Waals surface area contributed by atoms with Crippen LogP contribution in [0.25, 0.3) is 0 Å². The lowest BCUT2D eigenvalue weighted by Crippen LogP contribution is -2.34. The molecule has 11 nitrogen and oxygen atoms in total. The summed E-state index contributed by atoms with van der Waals surface area (Å²) in [5.74, 6) is -2.38. The Morgan fingerprint density at radius 1 is 0.536 bits per heavy atom. The van der Waals surface area contributed by atoms with Crippen LogP contribution in [-0.4, -0.2) is 59.9 Å². The van der Waals surface area contributed by atoms with E-state index < -0.39 is 51.1 Å². The maximum absolute atomic E-state index is 12.6. The second kappa shape index (κ2) is 39.8. The van der Waals surface area contributed by atoms with Crippen molar-refractivity contribution in [3.63, 3.8) is 0 Å². The maximum Gasteiger partial charge on any atom is 0.472 e. The molecule has 0 rings (SSSR count). The van der Waals surface area contributed by atoms with Crippen LogP contribution in [0, 0.1) is 0 Å². The molecule has 3 atom stereocenters. The number of carboxylic acid groups (broad SMARTS) is 1. The van der Waals surface area contributed by atoms with Crippen LogP contribution in [0.1, 0.15) is 206 Å². The first kappa shape index (κ1) is 54.0. The van der Waals surface area contributed by atoms with E-state index in [2.05, 4.69) is 42.7 Å². The molecular weight excluding hydrogens is 733 g/mol. The fourth-order valence-electron chi connectivity index (χ4n) is 6.10. The molecule has 0 aromatic heterocycles. The zero-order valence-electron chi connectivity index (χ0n) is 35.5. The number of carboxylic acids is 1. The van der Waals surface area contributed by atoms with Crippen LogP contribution >= 0.6 is 7.82 Å². The quantitative estimate of drug-likeness (QED) is 0.0232. The molecule has 4 N–H and O–H groups in total. The number of carbonyl (C=O) groups is 3. The Hall–Kier alpha value is -2.04. The van der Waals surface area contributed by atoms with Crippen molar-refractivity contribution in [2.45, 2.75) is 219 Å². The molecule has 0 aromatic carbocycles. The number of phosphoric ester groups is 1. The van der Waals surface area contributed by atoms with Gasteiger partial charge in [-0.25, -0.2) is 4.57 Å². The number of ether oxygens (including phenoxy) is 2. The zero-order valence-corrected chi connectivity index (χ0v) is 36.4. The van der Waals surface area contributed by atoms with E-state index in [1.54, 1.807) is 0 Å². The van der Waals surface area contributed by atoms with Crippen molar-refractivity contribution >= 4 is 25.7 Å². The monoisotopic (exact) mass is 816 g/mol. The first-order valence-electron chi connectivity index (χ1n) is 22.4. The van der Waals surface area contributed by atoms with Crippen molar-refractivity contribution in [1.82, 2.24) is 0 Å². The average Bonchev–Trinajstić information content (AvgIpc) is 3.17. The van der Waals surface area contributed by atoms with Gasteiger partial charge in [-0.2, -0.15) is 0 Å². The number of esters is 2. The molecule has 1 unspecified atom stereocenters. The van der Waals surface area contributed by atoms with Crippen LogP contribution in [0.15, 0.2) is 24.3 Å². The first-order chi connectivity index (χ1) is 27.1. The van der Waals surface area contributed by atoms with Crippen LogP contribution < -0.4 is 5.73 Å². The minimum Gasteiger partial charge on any atom is -0.480 e. The van der Waals surface area contributed by atoms with E-state index in [1.807, 2.05) is 0 Å². The topological polar surface area (TPSA) is 172 Å². The summed E-state index contributed by atoms with van der Waals surface area (Å²) in [5, 5.41) is 8.88. The number of phosphoric acid groups is 1. The Bertz CT molecular complexity index is 1050. The summed E-state index contributed by atoms with van der Waals surface area (Å²) in [6.07, 6.45) is 41.1. The molecule has 0 aliphatic rings. The number of hydrogen-bond donors (Lipinski definition) is 3. The van der Waals surface area contributed by atoms with E-state index >= 15 is 0 Å². The third-order valence-corrected chi connectivity index (χ3v) is 10.6. The molecule has 0 amide bonds. The normalized spacial score (nSPS) is 13.9. The molecule has 0 bridgehead atoms. The van der Waals surface area contributed by atoms with Gasteiger partial charge in [0.2, 0.25) is 0 Å². The number of carbonyl (C=O) groups excluding carboxylic acids is 2. The van der Waals surface area contributed by atoms with E-state index in [0.29, 0.717) is 12.8 Å². The third-order valence-electron chi connectivity index (χ3n) is 9.67. The van der Waals surface area contributed by atoms with Crippen LogP contribution in [-0.2, 0) is 37.5 Å². The maximum atomic E-state index is 12.6. The second-order valence-electron chi connectivity index (χ2n) is 15.2. The average molecular weight is 816 g/mol. The number of allylic oxidation sites excluding steroid dienone is 4. The van der Waals surface area contributed by atoms with Crippen molar-refractivity contribution in [2.75, 3.05) is 19.8 Å². The lowest BCUT2D eigenvalue weighted by Gasteiger charge is -2.20. The Morgan fingerprint density at radius 2 is 0.911 bits per heavy atom. The van der Waals surface area contributed by atoms with Gasteiger partial charge in [0, 0.05) is 12.8 Å². The molecule has 12 heteroatoms. The SMILES string of the molecule is CCCC/C=C\CCCCCCCC(=O)OC[C@H](COP(=O)(O)OC[C@H](N)C(=O)O)OC(=O)CCCCCCCCCCCCC/C=C\CCCCCCCC. The molecule has 0 radical (unpaired) electrons. The molecule has 0 spiro atoms. The zero-order chi connectivity index (χ0) is 41.4. The van der Waals surface area contributed by atoms with Gasteiger partial charge in [-0.15, -0.1) is 0 Å². The third kappa shape index (κ3) is 38.8. The highest BCUT2D eigenvalue weighted by Gasteiger charge is 2.28. The lowest BCUT2D eigenvalue weighted by atomic mass is 10.0. The highest BCUT2D eigenvalue weighted by molar-refractivity contribution is 7.47. The molecular formula is C44H82NO10P. The van der Waals surface area contributed by atoms with Crippen molar-refractivity contribution < 1.29 is 47.5 Å². The number of unbranched alkanes of at least 4 members (excludes halogenated alkanes) is 24. The Kier molecular flexibility index (Phi) is 38.3. The van der Waals surface area contributed by atoms with Gasteiger partial charge < -0.3 is 25.2 Å². The Morgan fingerprint density at radius 3 is 1.36 bits per heavy atom. The molecule has 0 heterocycles. The smallest absolute Gasteiger partial charge is 0.472 e. The van der Waals surface area contributed by atoms with Gasteiger partial charge in [-0.3, -0.25) is 23.4 Å². The fraction of sp³-hybridized carbons (Fsp3) is 0.841. The Labute approximate surface area is 340 Å². The predicted octanol–water partition coefficient (Wildman–Crippen LogP) is 11.8. The lowest BCUT2D eigenvalue weighted by molar-refractivity contribution is -0.161. The Balaban J connectivity index is 4.26. The van der Waals surface area contributed by atoms with Crippen molar-refractivity contribution in [3.05, 3.63) is 24.3 Å². The van der Waals surface area contributed by atoms with Crippen LogP contribution in [0.5, 0.6) is 0 Å². The van der Waals surface area contributed by atoms with E-state index in [0.717, 1.165) is 57.8 Å². The van der Waals surface area contributed by atoms with E-state index in [4.69, 9.17) is 24.8 Å². The van der Waals surface area contributed by atoms with Crippen molar-refractivity contribution in [3.8, 4) is 0 Å². The van der Waals surface area contributed by atoms with Gasteiger partial charge in [0.1, 0.15) is 12.6 Å². The molecule has 0 fully saturated rings. The van der Waals surface area contributed by atoms with Crippen LogP contribution in [0.2, 0.25) is 0 Å². The largest absolute Gasteiger partial charge is 0.480 e. The molecule has 0 aromatic rings. The minimum atomic E-state index is -4.71. The van der Waals surface area contributed by atoms with Gasteiger partial charge in [-0.05, 0) is 57.8 Å². The summed E-state index contributed by atoms with van der Waals surface area (Å²) in [5.41, 5.74) is 5.33. The molecule has 328 valence electrons. The second-order valence-corrected chi connectivity index (χ2v) is 16.6. The number of hydrogen-bond acceptors (Lipinski definition) is 9. The van der Waals surface area contributed by atoms with Crippen molar-refractivity contribution in [1.29, 1.82) is 0 Å². The molecule has 0 aliphatic carbocycles. The first-order valence-corrected chi connectivity index (χ1v) is 23.9. The fourth-order valence-corrected chi connectivity index (χ4v) is 6.88. The predicted molar refractivity (Wildman–Crippen MR) is 226 cm³/mol. The van der Waals surface area contributed by atoms with Gasteiger partial charge in [0.05, 0.1) is 13.2 Å². The molecule has 0 saturated heterocycles. The summed E-state index contributed by atoms with van der Waals surface area (Å²) in [6, 6.07) is -1.52.